The van der Waals surface area contributed by atoms with Crippen molar-refractivity contribution in [2.45, 2.75) is 77.6 Å². The van der Waals surface area contributed by atoms with Crippen LogP contribution in [0.1, 0.15) is 76.7 Å². The molecule has 0 aromatic heterocycles. The van der Waals surface area contributed by atoms with E-state index in [0.29, 0.717) is 0 Å². The van der Waals surface area contributed by atoms with Crippen molar-refractivity contribution in [2.24, 2.45) is 0 Å². The third-order valence-corrected chi connectivity index (χ3v) is 4.23. The predicted octanol–water partition coefficient (Wildman–Crippen LogP) is 6.27. The van der Waals surface area contributed by atoms with Crippen LogP contribution in [0.4, 0.5) is 5.69 Å². The van der Waals surface area contributed by atoms with Crippen molar-refractivity contribution in [2.75, 3.05) is 5.32 Å². The maximum atomic E-state index is 11.2. The molecule has 0 spiro atoms. The van der Waals surface area contributed by atoms with Crippen LogP contribution >= 0.6 is 0 Å². The van der Waals surface area contributed by atoms with Gasteiger partial charge in [0.15, 0.2) is 0 Å². The number of anilines is 1. The zero-order chi connectivity index (χ0) is 16.8. The summed E-state index contributed by atoms with van der Waals surface area (Å²) in [5, 5.41) is 2.77. The van der Waals surface area contributed by atoms with Gasteiger partial charge in [-0.25, -0.2) is 0 Å². The van der Waals surface area contributed by atoms with E-state index in [-0.39, 0.29) is 5.91 Å². The van der Waals surface area contributed by atoms with E-state index in [1.807, 2.05) is 12.1 Å². The van der Waals surface area contributed by atoms with Crippen LogP contribution in [0.3, 0.4) is 0 Å². The molecule has 0 bridgehead atoms. The molecule has 0 fully saturated rings. The zero-order valence-electron chi connectivity index (χ0n) is 14.8. The molecule has 1 aromatic rings. The third-order valence-electron chi connectivity index (χ3n) is 4.23. The average Bonchev–Trinajstić information content (AvgIpc) is 2.58. The largest absolute Gasteiger partial charge is 0.323 e. The van der Waals surface area contributed by atoms with E-state index in [9.17, 15) is 4.79 Å². The van der Waals surface area contributed by atoms with Crippen molar-refractivity contribution >= 4 is 11.6 Å². The van der Waals surface area contributed by atoms with Crippen LogP contribution in [-0.4, -0.2) is 5.91 Å². The van der Waals surface area contributed by atoms with E-state index < -0.39 is 0 Å². The van der Waals surface area contributed by atoms with E-state index in [1.165, 1.54) is 75.8 Å². The average molecular weight is 316 g/mol. The van der Waals surface area contributed by atoms with Gasteiger partial charge in [-0.1, -0.05) is 83.4 Å². The minimum atomic E-state index is -0.160. The number of benzene rings is 1. The quantitative estimate of drug-likeness (QED) is 0.337. The highest BCUT2D eigenvalue weighted by molar-refractivity contribution is 5.98. The standard InChI is InChI=1S/C21H33NO/c1-3-5-6-7-8-9-10-11-12-13-14-19-15-17-20(18-16-19)22-21(23)4-2/h4,15-18H,2-3,5-14H2,1H3,(H,22,23). The van der Waals surface area contributed by atoms with Crippen LogP contribution in [0.25, 0.3) is 0 Å². The molecule has 0 unspecified atom stereocenters. The molecule has 1 amide bonds. The Balaban J connectivity index is 2.03. The van der Waals surface area contributed by atoms with E-state index in [1.54, 1.807) is 0 Å². The van der Waals surface area contributed by atoms with Crippen molar-refractivity contribution in [3.8, 4) is 0 Å². The van der Waals surface area contributed by atoms with Crippen molar-refractivity contribution in [1.29, 1.82) is 0 Å². The number of unbranched alkanes of at least 4 members (excludes halogenated alkanes) is 9. The second-order valence-corrected chi connectivity index (χ2v) is 6.32. The highest BCUT2D eigenvalue weighted by Gasteiger charge is 1.98. The highest BCUT2D eigenvalue weighted by Crippen LogP contribution is 2.14. The molecule has 1 rings (SSSR count). The molecule has 1 N–H and O–H groups in total. The molecule has 1 aromatic carbocycles. The first-order valence-electron chi connectivity index (χ1n) is 9.28. The lowest BCUT2D eigenvalue weighted by Crippen LogP contribution is -2.06. The molecule has 0 atom stereocenters. The molecule has 0 saturated carbocycles. The summed E-state index contributed by atoms with van der Waals surface area (Å²) in [5.41, 5.74) is 2.18. The van der Waals surface area contributed by atoms with Gasteiger partial charge >= 0.3 is 0 Å². The second kappa shape index (κ2) is 12.9. The first-order chi connectivity index (χ1) is 11.3. The molecule has 23 heavy (non-hydrogen) atoms. The molecule has 0 aliphatic heterocycles. The monoisotopic (exact) mass is 315 g/mol. The fourth-order valence-corrected chi connectivity index (χ4v) is 2.76. The lowest BCUT2D eigenvalue weighted by atomic mass is 10.0. The van der Waals surface area contributed by atoms with E-state index in [0.717, 1.165) is 12.1 Å². The van der Waals surface area contributed by atoms with Crippen molar-refractivity contribution in [3.63, 3.8) is 0 Å². The van der Waals surface area contributed by atoms with Gasteiger partial charge in [-0.15, -0.1) is 0 Å². The maximum absolute atomic E-state index is 11.2. The van der Waals surface area contributed by atoms with E-state index >= 15 is 0 Å². The van der Waals surface area contributed by atoms with Crippen molar-refractivity contribution in [3.05, 3.63) is 42.5 Å². The molecule has 2 nitrogen and oxygen atoms in total. The maximum Gasteiger partial charge on any atom is 0.247 e. The normalized spacial score (nSPS) is 10.5. The van der Waals surface area contributed by atoms with Crippen LogP contribution in [0.5, 0.6) is 0 Å². The molecule has 128 valence electrons. The molecule has 0 radical (unpaired) electrons. The predicted molar refractivity (Wildman–Crippen MR) is 101 cm³/mol. The van der Waals surface area contributed by atoms with Crippen LogP contribution < -0.4 is 5.32 Å². The molecule has 0 heterocycles. The van der Waals surface area contributed by atoms with Gasteiger partial charge in [0.25, 0.3) is 0 Å². The number of hydrogen-bond donors (Lipinski definition) is 1. The van der Waals surface area contributed by atoms with Crippen LogP contribution in [-0.2, 0) is 11.2 Å². The van der Waals surface area contributed by atoms with Gasteiger partial charge in [0, 0.05) is 5.69 Å². The van der Waals surface area contributed by atoms with Crippen LogP contribution in [0.15, 0.2) is 36.9 Å². The lowest BCUT2D eigenvalue weighted by Gasteiger charge is -2.05. The summed E-state index contributed by atoms with van der Waals surface area (Å²) in [5.74, 6) is -0.160. The lowest BCUT2D eigenvalue weighted by molar-refractivity contribution is -0.111. The fourth-order valence-electron chi connectivity index (χ4n) is 2.76. The van der Waals surface area contributed by atoms with Gasteiger partial charge in [-0.2, -0.15) is 0 Å². The van der Waals surface area contributed by atoms with Gasteiger partial charge in [0.1, 0.15) is 0 Å². The van der Waals surface area contributed by atoms with E-state index in [4.69, 9.17) is 0 Å². The Labute approximate surface area is 142 Å². The number of rotatable bonds is 13. The summed E-state index contributed by atoms with van der Waals surface area (Å²) >= 11 is 0. The molecule has 0 aliphatic carbocycles. The van der Waals surface area contributed by atoms with Gasteiger partial charge in [0.2, 0.25) is 5.91 Å². The molecular weight excluding hydrogens is 282 g/mol. The Hall–Kier alpha value is -1.57. The Morgan fingerprint density at radius 3 is 1.96 bits per heavy atom. The second-order valence-electron chi connectivity index (χ2n) is 6.32. The topological polar surface area (TPSA) is 29.1 Å². The first kappa shape index (κ1) is 19.5. The van der Waals surface area contributed by atoms with Gasteiger partial charge in [-0.3, -0.25) is 4.79 Å². The summed E-state index contributed by atoms with van der Waals surface area (Å²) in [4.78, 5) is 11.2. The van der Waals surface area contributed by atoms with Crippen LogP contribution in [0, 0.1) is 0 Å². The Bertz CT molecular complexity index is 436. The smallest absolute Gasteiger partial charge is 0.247 e. The highest BCUT2D eigenvalue weighted by atomic mass is 16.1. The number of aryl methyl sites for hydroxylation is 1. The summed E-state index contributed by atoms with van der Waals surface area (Å²) in [6.07, 6.45) is 16.1. The van der Waals surface area contributed by atoms with Gasteiger partial charge < -0.3 is 5.32 Å². The van der Waals surface area contributed by atoms with Crippen molar-refractivity contribution in [1.82, 2.24) is 0 Å². The summed E-state index contributed by atoms with van der Waals surface area (Å²) in [6, 6.07) is 8.14. The number of nitrogens with one attached hydrogen (secondary N) is 1. The number of hydrogen-bond acceptors (Lipinski definition) is 1. The summed E-state index contributed by atoms with van der Waals surface area (Å²) in [7, 11) is 0. The Morgan fingerprint density at radius 1 is 0.913 bits per heavy atom. The van der Waals surface area contributed by atoms with Gasteiger partial charge in [-0.05, 0) is 36.6 Å². The molecule has 2 heteroatoms. The zero-order valence-corrected chi connectivity index (χ0v) is 14.8. The number of carbonyl (C=O) groups excluding carboxylic acids is 1. The number of carbonyl (C=O) groups is 1. The SMILES string of the molecule is C=CC(=O)Nc1ccc(CCCCCCCCCCCC)cc1. The molecule has 0 aliphatic rings. The fraction of sp³-hybridized carbons (Fsp3) is 0.571. The minimum absolute atomic E-state index is 0.160. The first-order valence-corrected chi connectivity index (χ1v) is 9.28. The summed E-state index contributed by atoms with van der Waals surface area (Å²) in [6.45, 7) is 5.72. The third kappa shape index (κ3) is 9.93. The molecular formula is C21H33NO. The Morgan fingerprint density at radius 2 is 1.43 bits per heavy atom. The summed E-state index contributed by atoms with van der Waals surface area (Å²) < 4.78 is 0. The van der Waals surface area contributed by atoms with E-state index in [2.05, 4.69) is 31.0 Å². The molecule has 0 saturated heterocycles. The minimum Gasteiger partial charge on any atom is -0.323 e. The van der Waals surface area contributed by atoms with Crippen LogP contribution in [0.2, 0.25) is 0 Å². The van der Waals surface area contributed by atoms with Crippen molar-refractivity contribution < 1.29 is 4.79 Å². The Kier molecular flexibility index (Phi) is 10.9. The van der Waals surface area contributed by atoms with Gasteiger partial charge in [0.05, 0.1) is 0 Å². The number of amides is 1.